The van der Waals surface area contributed by atoms with Gasteiger partial charge in [0.15, 0.2) is 0 Å². The van der Waals surface area contributed by atoms with Crippen LogP contribution in [0, 0.1) is 6.92 Å². The minimum Gasteiger partial charge on any atom is -0.399 e. The van der Waals surface area contributed by atoms with Gasteiger partial charge in [0.05, 0.1) is 0 Å². The van der Waals surface area contributed by atoms with Gasteiger partial charge in [-0.25, -0.2) is 0 Å². The van der Waals surface area contributed by atoms with Gasteiger partial charge in [-0.2, -0.15) is 0 Å². The number of anilines is 2. The summed E-state index contributed by atoms with van der Waals surface area (Å²) in [6, 6.07) is 15.6. The Balaban J connectivity index is 0.00000192. The van der Waals surface area contributed by atoms with Crippen molar-refractivity contribution in [2.24, 2.45) is 0 Å². The Morgan fingerprint density at radius 2 is 1.65 bits per heavy atom. The standard InChI is InChI=1S/C18H21N3O.ClH/c1-14-3-2-4-17(13-14)20-9-11-21(12-10-20)18(22)15-5-7-16(19)8-6-15;/h2-8,13H,9-12,19H2,1H3;1H. The van der Waals surface area contributed by atoms with E-state index in [9.17, 15) is 4.79 Å². The van der Waals surface area contributed by atoms with Crippen LogP contribution in [0.15, 0.2) is 48.5 Å². The molecule has 1 fully saturated rings. The van der Waals surface area contributed by atoms with Gasteiger partial charge in [0.1, 0.15) is 0 Å². The van der Waals surface area contributed by atoms with Crippen LogP contribution >= 0.6 is 12.4 Å². The van der Waals surface area contributed by atoms with E-state index in [0.29, 0.717) is 11.3 Å². The summed E-state index contributed by atoms with van der Waals surface area (Å²) in [6.45, 7) is 5.33. The summed E-state index contributed by atoms with van der Waals surface area (Å²) in [5, 5.41) is 0. The summed E-state index contributed by atoms with van der Waals surface area (Å²) in [4.78, 5) is 16.7. The topological polar surface area (TPSA) is 49.6 Å². The van der Waals surface area contributed by atoms with Gasteiger partial charge in [-0.05, 0) is 48.9 Å². The van der Waals surface area contributed by atoms with Crippen LogP contribution in [-0.2, 0) is 0 Å². The quantitative estimate of drug-likeness (QED) is 0.861. The molecule has 2 N–H and O–H groups in total. The lowest BCUT2D eigenvalue weighted by atomic mass is 10.1. The number of nitrogen functional groups attached to an aromatic ring is 1. The van der Waals surface area contributed by atoms with E-state index in [0.717, 1.165) is 26.2 Å². The maximum absolute atomic E-state index is 12.5. The highest BCUT2D eigenvalue weighted by Crippen LogP contribution is 2.19. The Morgan fingerprint density at radius 3 is 2.26 bits per heavy atom. The maximum atomic E-state index is 12.5. The average molecular weight is 332 g/mol. The second kappa shape index (κ2) is 7.38. The van der Waals surface area contributed by atoms with Gasteiger partial charge in [-0.15, -0.1) is 12.4 Å². The summed E-state index contributed by atoms with van der Waals surface area (Å²) in [5.74, 6) is 0.0869. The lowest BCUT2D eigenvalue weighted by molar-refractivity contribution is 0.0747. The SMILES string of the molecule is Cc1cccc(N2CCN(C(=O)c3ccc(N)cc3)CC2)c1.Cl. The first-order valence-corrected chi connectivity index (χ1v) is 7.60. The second-order valence-corrected chi connectivity index (χ2v) is 5.74. The highest BCUT2D eigenvalue weighted by atomic mass is 35.5. The van der Waals surface area contributed by atoms with Crippen molar-refractivity contribution >= 4 is 29.7 Å². The largest absolute Gasteiger partial charge is 0.399 e. The van der Waals surface area contributed by atoms with Crippen molar-refractivity contribution in [1.29, 1.82) is 0 Å². The van der Waals surface area contributed by atoms with E-state index in [1.807, 2.05) is 4.90 Å². The fourth-order valence-electron chi connectivity index (χ4n) is 2.80. The van der Waals surface area contributed by atoms with Crippen molar-refractivity contribution in [2.45, 2.75) is 6.92 Å². The molecule has 0 aliphatic carbocycles. The number of hydrogen-bond acceptors (Lipinski definition) is 3. The van der Waals surface area contributed by atoms with E-state index < -0.39 is 0 Å². The van der Waals surface area contributed by atoms with Crippen LogP contribution in [0.1, 0.15) is 15.9 Å². The Bertz CT molecular complexity index is 664. The zero-order valence-corrected chi connectivity index (χ0v) is 14.1. The first kappa shape index (κ1) is 17.2. The van der Waals surface area contributed by atoms with Crippen LogP contribution in [0.4, 0.5) is 11.4 Å². The number of halogens is 1. The fraction of sp³-hybridized carbons (Fsp3) is 0.278. The molecule has 23 heavy (non-hydrogen) atoms. The molecule has 0 atom stereocenters. The zero-order valence-electron chi connectivity index (χ0n) is 13.2. The van der Waals surface area contributed by atoms with Gasteiger partial charge >= 0.3 is 0 Å². The van der Waals surface area contributed by atoms with Crippen molar-refractivity contribution in [1.82, 2.24) is 4.90 Å². The molecular weight excluding hydrogens is 310 g/mol. The van der Waals surface area contributed by atoms with Crippen LogP contribution in [-0.4, -0.2) is 37.0 Å². The number of piperazine rings is 1. The molecule has 1 aliphatic heterocycles. The number of benzene rings is 2. The number of rotatable bonds is 2. The molecule has 0 bridgehead atoms. The van der Waals surface area contributed by atoms with Crippen LogP contribution in [0.2, 0.25) is 0 Å². The van der Waals surface area contributed by atoms with Gasteiger partial charge in [-0.1, -0.05) is 12.1 Å². The van der Waals surface area contributed by atoms with Crippen molar-refractivity contribution in [2.75, 3.05) is 36.8 Å². The first-order chi connectivity index (χ1) is 10.6. The zero-order chi connectivity index (χ0) is 15.5. The Morgan fingerprint density at radius 1 is 1.00 bits per heavy atom. The Kier molecular flexibility index (Phi) is 5.50. The predicted octanol–water partition coefficient (Wildman–Crippen LogP) is 2.96. The highest BCUT2D eigenvalue weighted by molar-refractivity contribution is 5.94. The van der Waals surface area contributed by atoms with Gasteiger partial charge < -0.3 is 15.5 Å². The van der Waals surface area contributed by atoms with E-state index in [2.05, 4.69) is 36.1 Å². The Hall–Kier alpha value is -2.20. The molecule has 1 saturated heterocycles. The normalized spacial score (nSPS) is 14.3. The van der Waals surface area contributed by atoms with Gasteiger partial charge in [0.2, 0.25) is 0 Å². The summed E-state index contributed by atoms with van der Waals surface area (Å²) < 4.78 is 0. The predicted molar refractivity (Wildman–Crippen MR) is 97.4 cm³/mol. The molecule has 2 aromatic rings. The third kappa shape index (κ3) is 3.96. The van der Waals surface area contributed by atoms with Crippen LogP contribution in [0.5, 0.6) is 0 Å². The molecule has 0 saturated carbocycles. The summed E-state index contributed by atoms with van der Waals surface area (Å²) in [5.41, 5.74) is 9.55. The highest BCUT2D eigenvalue weighted by Gasteiger charge is 2.22. The lowest BCUT2D eigenvalue weighted by Gasteiger charge is -2.36. The number of nitrogens with two attached hydrogens (primary N) is 1. The van der Waals surface area contributed by atoms with E-state index >= 15 is 0 Å². The van der Waals surface area contributed by atoms with E-state index in [4.69, 9.17) is 5.73 Å². The molecule has 1 amide bonds. The minimum absolute atomic E-state index is 0. The summed E-state index contributed by atoms with van der Waals surface area (Å²) >= 11 is 0. The number of nitrogens with zero attached hydrogens (tertiary/aromatic N) is 2. The van der Waals surface area contributed by atoms with E-state index in [1.54, 1.807) is 24.3 Å². The van der Waals surface area contributed by atoms with E-state index in [-0.39, 0.29) is 18.3 Å². The van der Waals surface area contributed by atoms with Crippen LogP contribution < -0.4 is 10.6 Å². The molecule has 3 rings (SSSR count). The van der Waals surface area contributed by atoms with Gasteiger partial charge in [-0.3, -0.25) is 4.79 Å². The molecular formula is C18H22ClN3O. The number of carbonyl (C=O) groups excluding carboxylic acids is 1. The summed E-state index contributed by atoms with van der Waals surface area (Å²) in [6.07, 6.45) is 0. The number of carbonyl (C=O) groups is 1. The Labute approximate surface area is 143 Å². The molecule has 1 heterocycles. The monoisotopic (exact) mass is 331 g/mol. The number of amides is 1. The fourth-order valence-corrected chi connectivity index (χ4v) is 2.80. The van der Waals surface area contributed by atoms with Crippen molar-refractivity contribution in [3.63, 3.8) is 0 Å². The van der Waals surface area contributed by atoms with Crippen molar-refractivity contribution < 1.29 is 4.79 Å². The maximum Gasteiger partial charge on any atom is 0.253 e. The third-order valence-electron chi connectivity index (χ3n) is 4.09. The van der Waals surface area contributed by atoms with Crippen LogP contribution in [0.3, 0.4) is 0 Å². The molecule has 0 unspecified atom stereocenters. The lowest BCUT2D eigenvalue weighted by Crippen LogP contribution is -2.48. The molecule has 2 aromatic carbocycles. The average Bonchev–Trinajstić information content (AvgIpc) is 2.55. The third-order valence-corrected chi connectivity index (χ3v) is 4.09. The van der Waals surface area contributed by atoms with Crippen molar-refractivity contribution in [3.05, 3.63) is 59.7 Å². The number of aryl methyl sites for hydroxylation is 1. The minimum atomic E-state index is 0. The first-order valence-electron chi connectivity index (χ1n) is 7.60. The molecule has 4 nitrogen and oxygen atoms in total. The molecule has 1 aliphatic rings. The van der Waals surface area contributed by atoms with Gasteiger partial charge in [0, 0.05) is 43.1 Å². The molecule has 5 heteroatoms. The summed E-state index contributed by atoms with van der Waals surface area (Å²) in [7, 11) is 0. The van der Waals surface area contributed by atoms with E-state index in [1.165, 1.54) is 11.3 Å². The molecule has 0 spiro atoms. The smallest absolute Gasteiger partial charge is 0.253 e. The molecule has 0 radical (unpaired) electrons. The number of hydrogen-bond donors (Lipinski definition) is 1. The van der Waals surface area contributed by atoms with Gasteiger partial charge in [0.25, 0.3) is 5.91 Å². The van der Waals surface area contributed by atoms with Crippen LogP contribution in [0.25, 0.3) is 0 Å². The molecule has 0 aromatic heterocycles. The second-order valence-electron chi connectivity index (χ2n) is 5.74. The van der Waals surface area contributed by atoms with Crippen molar-refractivity contribution in [3.8, 4) is 0 Å². The molecule has 122 valence electrons.